The van der Waals surface area contributed by atoms with E-state index >= 15 is 0 Å². The number of hydrogen-bond donors (Lipinski definition) is 3. The summed E-state index contributed by atoms with van der Waals surface area (Å²) in [6, 6.07) is -0.0284. The van der Waals surface area contributed by atoms with Crippen LogP contribution in [0.3, 0.4) is 0 Å². The van der Waals surface area contributed by atoms with Gasteiger partial charge in [0, 0.05) is 38.2 Å². The van der Waals surface area contributed by atoms with Gasteiger partial charge in [0.05, 0.1) is 17.8 Å². The molecule has 0 bridgehead atoms. The van der Waals surface area contributed by atoms with E-state index in [-0.39, 0.29) is 55.1 Å². The van der Waals surface area contributed by atoms with Crippen LogP contribution in [0.25, 0.3) is 0 Å². The standard InChI is InChI=1S/C25H41F3N4O2/c26-25(27,28)20-5-1-17(2-6-20)15-32-21-14-19(23(29)30)4-3-18(21)13-22(32)24(34)31-10-7-16(8-11-31)9-12-33/h16-22,33H,1-15H2,(H3,29,30). The van der Waals surface area contributed by atoms with Crippen LogP contribution in [0.15, 0.2) is 0 Å². The molecule has 0 aromatic heterocycles. The minimum atomic E-state index is -4.11. The van der Waals surface area contributed by atoms with E-state index in [1.165, 1.54) is 0 Å². The van der Waals surface area contributed by atoms with E-state index in [2.05, 4.69) is 4.90 Å². The number of nitrogens with two attached hydrogens (primary N) is 1. The SMILES string of the molecule is N=C(N)C1CCC2CC(C(=O)N3CCC(CCO)CC3)N(CC3CCC(C(F)(F)F)CC3)C2C1. The van der Waals surface area contributed by atoms with Crippen molar-refractivity contribution in [2.75, 3.05) is 26.2 Å². The predicted molar refractivity (Wildman–Crippen MR) is 124 cm³/mol. The van der Waals surface area contributed by atoms with Crippen LogP contribution in [0.1, 0.15) is 70.6 Å². The van der Waals surface area contributed by atoms with Crippen LogP contribution in [0.5, 0.6) is 0 Å². The Balaban J connectivity index is 1.44. The van der Waals surface area contributed by atoms with Gasteiger partial charge in [-0.3, -0.25) is 15.1 Å². The second kappa shape index (κ2) is 10.7. The summed E-state index contributed by atoms with van der Waals surface area (Å²) in [6.07, 6.45) is 3.41. The van der Waals surface area contributed by atoms with Crippen LogP contribution < -0.4 is 5.73 Å². The second-order valence-corrected chi connectivity index (χ2v) is 11.3. The summed E-state index contributed by atoms with van der Waals surface area (Å²) in [5.74, 6) is 0.266. The normalized spacial score (nSPS) is 35.8. The number of nitrogens with zero attached hydrogens (tertiary/aromatic N) is 2. The van der Waals surface area contributed by atoms with E-state index in [4.69, 9.17) is 11.1 Å². The molecule has 9 heteroatoms. The number of likely N-dealkylation sites (tertiary alicyclic amines) is 2. The van der Waals surface area contributed by atoms with Crippen LogP contribution in [0.4, 0.5) is 13.2 Å². The summed E-state index contributed by atoms with van der Waals surface area (Å²) in [5.41, 5.74) is 5.85. The molecule has 0 aromatic carbocycles. The highest BCUT2D eigenvalue weighted by Gasteiger charge is 2.49. The first kappa shape index (κ1) is 25.7. The summed E-state index contributed by atoms with van der Waals surface area (Å²) in [7, 11) is 0. The van der Waals surface area contributed by atoms with Gasteiger partial charge in [0.15, 0.2) is 0 Å². The lowest BCUT2D eigenvalue weighted by atomic mass is 9.77. The summed E-state index contributed by atoms with van der Waals surface area (Å²) in [6.45, 7) is 2.30. The minimum absolute atomic E-state index is 0.0350. The van der Waals surface area contributed by atoms with E-state index in [0.29, 0.717) is 31.2 Å². The molecule has 0 spiro atoms. The largest absolute Gasteiger partial charge is 0.396 e. The first-order chi connectivity index (χ1) is 16.2. The molecule has 1 amide bonds. The quantitative estimate of drug-likeness (QED) is 0.394. The molecule has 0 radical (unpaired) electrons. The number of fused-ring (bicyclic) bond motifs is 1. The van der Waals surface area contributed by atoms with Gasteiger partial charge in [0.1, 0.15) is 0 Å². The fraction of sp³-hybridized carbons (Fsp3) is 0.920. The number of alkyl halides is 3. The number of hydrogen-bond acceptors (Lipinski definition) is 4. The molecule has 2 aliphatic heterocycles. The topological polar surface area (TPSA) is 93.6 Å². The number of aliphatic hydroxyl groups excluding tert-OH is 1. The zero-order chi connectivity index (χ0) is 24.5. The molecule has 4 unspecified atom stereocenters. The third-order valence-electron chi connectivity index (χ3n) is 9.28. The first-order valence-corrected chi connectivity index (χ1v) is 13.2. The lowest BCUT2D eigenvalue weighted by molar-refractivity contribution is -0.184. The number of nitrogens with one attached hydrogen (secondary N) is 1. The molecular formula is C25H41F3N4O2. The number of amidine groups is 1. The Kier molecular flexibility index (Phi) is 8.12. The van der Waals surface area contributed by atoms with Gasteiger partial charge in [0.25, 0.3) is 0 Å². The lowest BCUT2D eigenvalue weighted by Gasteiger charge is -2.41. The van der Waals surface area contributed by atoms with Crippen molar-refractivity contribution in [1.29, 1.82) is 5.41 Å². The summed E-state index contributed by atoms with van der Waals surface area (Å²) in [4.78, 5) is 18.0. The Labute approximate surface area is 200 Å². The summed E-state index contributed by atoms with van der Waals surface area (Å²) >= 11 is 0. The molecule has 34 heavy (non-hydrogen) atoms. The average Bonchev–Trinajstić information content (AvgIpc) is 3.16. The highest BCUT2D eigenvalue weighted by molar-refractivity contribution is 5.83. The van der Waals surface area contributed by atoms with E-state index in [1.54, 1.807) is 0 Å². The lowest BCUT2D eigenvalue weighted by Crippen LogP contribution is -2.52. The molecule has 2 saturated heterocycles. The van der Waals surface area contributed by atoms with Crippen molar-refractivity contribution in [1.82, 2.24) is 9.80 Å². The predicted octanol–water partition coefficient (Wildman–Crippen LogP) is 3.77. The highest BCUT2D eigenvalue weighted by Crippen LogP contribution is 2.45. The van der Waals surface area contributed by atoms with Gasteiger partial charge in [-0.1, -0.05) is 0 Å². The molecule has 2 aliphatic carbocycles. The van der Waals surface area contributed by atoms with Crippen LogP contribution in [0.2, 0.25) is 0 Å². The Bertz CT molecular complexity index is 717. The van der Waals surface area contributed by atoms with Gasteiger partial charge in [-0.15, -0.1) is 0 Å². The van der Waals surface area contributed by atoms with Crippen LogP contribution in [-0.4, -0.2) is 71.2 Å². The number of carbonyl (C=O) groups excluding carboxylic acids is 1. The number of rotatable bonds is 6. The number of piperidine rings is 1. The maximum absolute atomic E-state index is 13.7. The summed E-state index contributed by atoms with van der Waals surface area (Å²) in [5, 5.41) is 17.2. The number of halogens is 3. The zero-order valence-corrected chi connectivity index (χ0v) is 20.1. The molecule has 0 aromatic rings. The first-order valence-electron chi connectivity index (χ1n) is 13.2. The molecule has 4 atom stereocenters. The van der Waals surface area contributed by atoms with Crippen molar-refractivity contribution in [2.24, 2.45) is 35.3 Å². The van der Waals surface area contributed by atoms with Crippen LogP contribution in [-0.2, 0) is 4.79 Å². The molecule has 4 aliphatic rings. The number of carbonyl (C=O) groups is 1. The Morgan fingerprint density at radius 1 is 0.971 bits per heavy atom. The van der Waals surface area contributed by atoms with E-state index in [0.717, 1.165) is 58.0 Å². The van der Waals surface area contributed by atoms with Crippen molar-refractivity contribution < 1.29 is 23.1 Å². The fourth-order valence-electron chi connectivity index (χ4n) is 7.14. The molecule has 2 saturated carbocycles. The molecule has 4 fully saturated rings. The number of aliphatic hydroxyl groups is 1. The second-order valence-electron chi connectivity index (χ2n) is 11.3. The minimum Gasteiger partial charge on any atom is -0.396 e. The van der Waals surface area contributed by atoms with E-state index in [9.17, 15) is 23.1 Å². The Morgan fingerprint density at radius 2 is 1.65 bits per heavy atom. The van der Waals surface area contributed by atoms with Crippen molar-refractivity contribution >= 4 is 11.7 Å². The van der Waals surface area contributed by atoms with E-state index in [1.807, 2.05) is 4.90 Å². The summed E-state index contributed by atoms with van der Waals surface area (Å²) < 4.78 is 39.5. The highest BCUT2D eigenvalue weighted by atomic mass is 19.4. The molecule has 4 N–H and O–H groups in total. The third-order valence-corrected chi connectivity index (χ3v) is 9.28. The maximum Gasteiger partial charge on any atom is 0.391 e. The fourth-order valence-corrected chi connectivity index (χ4v) is 7.14. The van der Waals surface area contributed by atoms with Gasteiger partial charge in [-0.2, -0.15) is 13.2 Å². The van der Waals surface area contributed by atoms with E-state index < -0.39 is 12.1 Å². The number of amides is 1. The van der Waals surface area contributed by atoms with Crippen LogP contribution >= 0.6 is 0 Å². The molecule has 4 rings (SSSR count). The van der Waals surface area contributed by atoms with Gasteiger partial charge in [-0.25, -0.2) is 0 Å². The van der Waals surface area contributed by atoms with Crippen molar-refractivity contribution in [2.45, 2.75) is 88.9 Å². The molecule has 6 nitrogen and oxygen atoms in total. The maximum atomic E-state index is 13.7. The third kappa shape index (κ3) is 5.72. The van der Waals surface area contributed by atoms with Crippen molar-refractivity contribution in [3.63, 3.8) is 0 Å². The van der Waals surface area contributed by atoms with Crippen molar-refractivity contribution in [3.05, 3.63) is 0 Å². The zero-order valence-electron chi connectivity index (χ0n) is 20.1. The molecule has 194 valence electrons. The van der Waals surface area contributed by atoms with Gasteiger partial charge >= 0.3 is 6.18 Å². The average molecular weight is 487 g/mol. The Morgan fingerprint density at radius 3 is 2.24 bits per heavy atom. The van der Waals surface area contributed by atoms with Crippen molar-refractivity contribution in [3.8, 4) is 0 Å². The van der Waals surface area contributed by atoms with Gasteiger partial charge < -0.3 is 15.7 Å². The Hall–Kier alpha value is -1.35. The molecule has 2 heterocycles. The van der Waals surface area contributed by atoms with Gasteiger partial charge in [-0.05, 0) is 88.4 Å². The smallest absolute Gasteiger partial charge is 0.391 e. The van der Waals surface area contributed by atoms with Gasteiger partial charge in [0.2, 0.25) is 5.91 Å². The van der Waals surface area contributed by atoms with Crippen LogP contribution in [0, 0.1) is 35.0 Å². The monoisotopic (exact) mass is 486 g/mol. The molecular weight excluding hydrogens is 445 g/mol.